The van der Waals surface area contributed by atoms with E-state index in [0.29, 0.717) is 5.41 Å². The molecule has 0 heteroatoms. The third-order valence-corrected chi connectivity index (χ3v) is 4.73. The molecule has 0 bridgehead atoms. The lowest BCUT2D eigenvalue weighted by Gasteiger charge is -2.36. The zero-order chi connectivity index (χ0) is 13.6. The van der Waals surface area contributed by atoms with Crippen molar-refractivity contribution in [3.05, 3.63) is 64.8 Å². The maximum Gasteiger partial charge on any atom is -0.00589 e. The van der Waals surface area contributed by atoms with Gasteiger partial charge in [-0.1, -0.05) is 56.4 Å². The molecule has 2 aliphatic rings. The largest absolute Gasteiger partial charge is 0.0912 e. The van der Waals surface area contributed by atoms with E-state index in [0.717, 1.165) is 19.3 Å². The summed E-state index contributed by atoms with van der Waals surface area (Å²) in [6.07, 6.45) is 10.1. The maximum absolute atomic E-state index is 4.17. The molecule has 3 rings (SSSR count). The molecule has 0 saturated carbocycles. The summed E-state index contributed by atoms with van der Waals surface area (Å²) in [6.45, 7) is 11.1. The fourth-order valence-electron chi connectivity index (χ4n) is 3.56. The molecule has 19 heavy (non-hydrogen) atoms. The van der Waals surface area contributed by atoms with Gasteiger partial charge in [-0.15, -0.1) is 0 Å². The molecule has 0 amide bonds. The van der Waals surface area contributed by atoms with Crippen LogP contribution in [0.1, 0.15) is 43.0 Å². The van der Waals surface area contributed by atoms with Crippen LogP contribution in [0.4, 0.5) is 0 Å². The van der Waals surface area contributed by atoms with Crippen LogP contribution in [0.15, 0.2) is 42.5 Å². The Morgan fingerprint density at radius 1 is 1.21 bits per heavy atom. The van der Waals surface area contributed by atoms with Crippen LogP contribution < -0.4 is 0 Å². The first-order valence-electron chi connectivity index (χ1n) is 7.18. The van der Waals surface area contributed by atoms with Crippen molar-refractivity contribution < 1.29 is 0 Å². The van der Waals surface area contributed by atoms with Gasteiger partial charge in [-0.3, -0.25) is 0 Å². The van der Waals surface area contributed by atoms with E-state index in [9.17, 15) is 0 Å². The molecular weight excluding hydrogens is 228 g/mol. The van der Waals surface area contributed by atoms with Crippen LogP contribution in [-0.4, -0.2) is 0 Å². The highest BCUT2D eigenvalue weighted by Crippen LogP contribution is 2.42. The lowest BCUT2D eigenvalue weighted by atomic mass is 9.68. The first kappa shape index (κ1) is 12.5. The smallest absolute Gasteiger partial charge is 0.00589 e. The van der Waals surface area contributed by atoms with Gasteiger partial charge < -0.3 is 0 Å². The first-order valence-corrected chi connectivity index (χ1v) is 7.18. The van der Waals surface area contributed by atoms with Gasteiger partial charge in [0.1, 0.15) is 0 Å². The molecule has 0 saturated heterocycles. The number of fused-ring (bicyclic) bond motifs is 3. The Kier molecular flexibility index (Phi) is 2.78. The number of hydrogen-bond acceptors (Lipinski definition) is 0. The van der Waals surface area contributed by atoms with E-state index in [2.05, 4.69) is 57.7 Å². The van der Waals surface area contributed by atoms with E-state index in [1.165, 1.54) is 22.3 Å². The monoisotopic (exact) mass is 250 g/mol. The van der Waals surface area contributed by atoms with E-state index < -0.39 is 0 Å². The van der Waals surface area contributed by atoms with E-state index >= 15 is 0 Å². The standard InChI is InChI=1S/C19H22/c1-5-15-11-14-9-10-16-13(2)7-6-8-17(16)18(14)12-19(15,3)4/h5-7,9-10H,2,8,11-12H2,1,3-4H3/b15-5-. The molecule has 0 atom stereocenters. The van der Waals surface area contributed by atoms with Gasteiger partial charge in [-0.2, -0.15) is 0 Å². The van der Waals surface area contributed by atoms with Gasteiger partial charge in [0.15, 0.2) is 0 Å². The van der Waals surface area contributed by atoms with Crippen molar-refractivity contribution >= 4 is 5.57 Å². The number of allylic oxidation sites excluding steroid dienone is 5. The summed E-state index contributed by atoms with van der Waals surface area (Å²) >= 11 is 0. The first-order chi connectivity index (χ1) is 9.03. The zero-order valence-electron chi connectivity index (χ0n) is 12.2. The normalized spacial score (nSPS) is 22.3. The third-order valence-electron chi connectivity index (χ3n) is 4.73. The molecule has 0 N–H and O–H groups in total. The second-order valence-corrected chi connectivity index (χ2v) is 6.41. The molecule has 98 valence electrons. The molecule has 0 aliphatic heterocycles. The summed E-state index contributed by atoms with van der Waals surface area (Å²) in [4.78, 5) is 0. The summed E-state index contributed by atoms with van der Waals surface area (Å²) in [5.74, 6) is 0. The van der Waals surface area contributed by atoms with Gasteiger partial charge in [0.2, 0.25) is 0 Å². The highest BCUT2D eigenvalue weighted by Gasteiger charge is 2.31. The highest BCUT2D eigenvalue weighted by molar-refractivity contribution is 5.78. The van der Waals surface area contributed by atoms with Gasteiger partial charge in [0.05, 0.1) is 0 Å². The minimum atomic E-state index is 0.291. The minimum absolute atomic E-state index is 0.291. The van der Waals surface area contributed by atoms with Crippen LogP contribution in [0.3, 0.4) is 0 Å². The van der Waals surface area contributed by atoms with Crippen molar-refractivity contribution in [2.75, 3.05) is 0 Å². The lowest BCUT2D eigenvalue weighted by molar-refractivity contribution is 0.414. The SMILES string of the molecule is C=C1C=CCc2c1ccc1c2CC(C)(C)/C(=C\C)C1. The predicted molar refractivity (Wildman–Crippen MR) is 83.3 cm³/mol. The van der Waals surface area contributed by atoms with E-state index in [1.807, 2.05) is 0 Å². The number of hydrogen-bond donors (Lipinski definition) is 0. The van der Waals surface area contributed by atoms with Crippen molar-refractivity contribution in [1.29, 1.82) is 0 Å². The Labute approximate surface area is 116 Å². The predicted octanol–water partition coefficient (Wildman–Crippen LogP) is 4.88. The molecule has 1 aromatic carbocycles. The summed E-state index contributed by atoms with van der Waals surface area (Å²) in [7, 11) is 0. The number of rotatable bonds is 0. The maximum atomic E-state index is 4.17. The van der Waals surface area contributed by atoms with Gasteiger partial charge in [0.25, 0.3) is 0 Å². The Bertz CT molecular complexity index is 609. The van der Waals surface area contributed by atoms with Crippen molar-refractivity contribution in [3.63, 3.8) is 0 Å². The molecule has 0 unspecified atom stereocenters. The molecule has 0 aromatic heterocycles. The van der Waals surface area contributed by atoms with Crippen LogP contribution in [0.2, 0.25) is 0 Å². The third kappa shape index (κ3) is 1.90. The van der Waals surface area contributed by atoms with E-state index in [4.69, 9.17) is 0 Å². The van der Waals surface area contributed by atoms with Crippen LogP contribution in [0.5, 0.6) is 0 Å². The molecule has 2 aliphatic carbocycles. The second kappa shape index (κ2) is 4.23. The van der Waals surface area contributed by atoms with Crippen LogP contribution >= 0.6 is 0 Å². The lowest BCUT2D eigenvalue weighted by Crippen LogP contribution is -2.27. The molecular formula is C19H22. The average molecular weight is 250 g/mol. The Balaban J connectivity index is 2.16. The second-order valence-electron chi connectivity index (χ2n) is 6.41. The minimum Gasteiger partial charge on any atom is -0.0912 e. The summed E-state index contributed by atoms with van der Waals surface area (Å²) in [5, 5.41) is 0. The van der Waals surface area contributed by atoms with Gasteiger partial charge in [-0.25, -0.2) is 0 Å². The van der Waals surface area contributed by atoms with Crippen molar-refractivity contribution in [2.24, 2.45) is 5.41 Å². The Hall–Kier alpha value is -1.56. The van der Waals surface area contributed by atoms with Gasteiger partial charge >= 0.3 is 0 Å². The summed E-state index contributed by atoms with van der Waals surface area (Å²) in [5.41, 5.74) is 9.02. The topological polar surface area (TPSA) is 0 Å². The Morgan fingerprint density at radius 2 is 2.00 bits per heavy atom. The fraction of sp³-hybridized carbons (Fsp3) is 0.368. The van der Waals surface area contributed by atoms with E-state index in [-0.39, 0.29) is 0 Å². The highest BCUT2D eigenvalue weighted by atomic mass is 14.4. The molecule has 0 heterocycles. The quantitative estimate of drug-likeness (QED) is 0.575. The molecule has 0 radical (unpaired) electrons. The Morgan fingerprint density at radius 3 is 2.74 bits per heavy atom. The summed E-state index contributed by atoms with van der Waals surface area (Å²) in [6, 6.07) is 4.59. The van der Waals surface area contributed by atoms with Gasteiger partial charge in [-0.05, 0) is 59.4 Å². The fourth-order valence-corrected chi connectivity index (χ4v) is 3.56. The molecule has 1 aromatic rings. The van der Waals surface area contributed by atoms with Crippen LogP contribution in [-0.2, 0) is 19.3 Å². The van der Waals surface area contributed by atoms with E-state index in [1.54, 1.807) is 11.1 Å². The van der Waals surface area contributed by atoms with Gasteiger partial charge in [0, 0.05) is 0 Å². The van der Waals surface area contributed by atoms with Crippen LogP contribution in [0.25, 0.3) is 5.57 Å². The summed E-state index contributed by atoms with van der Waals surface area (Å²) < 4.78 is 0. The molecule has 0 nitrogen and oxygen atoms in total. The zero-order valence-corrected chi connectivity index (χ0v) is 12.2. The van der Waals surface area contributed by atoms with Crippen molar-refractivity contribution in [1.82, 2.24) is 0 Å². The molecule has 0 fully saturated rings. The van der Waals surface area contributed by atoms with Crippen molar-refractivity contribution in [2.45, 2.75) is 40.0 Å². The molecule has 0 spiro atoms. The van der Waals surface area contributed by atoms with Crippen LogP contribution in [0, 0.1) is 5.41 Å². The number of benzene rings is 1. The average Bonchev–Trinajstić information content (AvgIpc) is 2.37. The van der Waals surface area contributed by atoms with Crippen molar-refractivity contribution in [3.8, 4) is 0 Å².